The van der Waals surface area contributed by atoms with Crippen LogP contribution in [0.15, 0.2) is 42.6 Å². The number of rotatable bonds is 5. The van der Waals surface area contributed by atoms with Gasteiger partial charge >= 0.3 is 0 Å². The Hall–Kier alpha value is -2.07. The molecule has 0 amide bonds. The number of aromatic nitrogens is 1. The van der Waals surface area contributed by atoms with Gasteiger partial charge in [-0.1, -0.05) is 12.1 Å². The van der Waals surface area contributed by atoms with Crippen molar-refractivity contribution in [3.05, 3.63) is 53.7 Å². The highest BCUT2D eigenvalue weighted by Crippen LogP contribution is 2.21. The Labute approximate surface area is 112 Å². The number of nitrogens with zero attached hydrogens (tertiary/aromatic N) is 1. The third kappa shape index (κ3) is 3.69. The van der Waals surface area contributed by atoms with Gasteiger partial charge in [0.05, 0.1) is 12.7 Å². The highest BCUT2D eigenvalue weighted by atomic mass is 16.5. The van der Waals surface area contributed by atoms with Gasteiger partial charge < -0.3 is 15.6 Å². The van der Waals surface area contributed by atoms with E-state index in [0.29, 0.717) is 18.8 Å². The van der Waals surface area contributed by atoms with Crippen molar-refractivity contribution in [1.82, 2.24) is 4.98 Å². The minimum absolute atomic E-state index is 0.469. The fourth-order valence-electron chi connectivity index (χ4n) is 1.92. The van der Waals surface area contributed by atoms with E-state index in [1.807, 2.05) is 37.3 Å². The fraction of sp³-hybridized carbons (Fsp3) is 0.267. The third-order valence-electron chi connectivity index (χ3n) is 2.85. The summed E-state index contributed by atoms with van der Waals surface area (Å²) in [5.41, 5.74) is 7.44. The second kappa shape index (κ2) is 6.20. The largest absolute Gasteiger partial charge is 0.494 e. The lowest BCUT2D eigenvalue weighted by Crippen LogP contribution is -2.03. The smallest absolute Gasteiger partial charge is 0.123 e. The molecule has 1 unspecified atom stereocenters. The first kappa shape index (κ1) is 13.4. The van der Waals surface area contributed by atoms with E-state index in [1.54, 1.807) is 12.3 Å². The number of aliphatic hydroxyl groups excluding tert-OH is 1. The van der Waals surface area contributed by atoms with Crippen LogP contribution in [0.1, 0.15) is 24.2 Å². The third-order valence-corrected chi connectivity index (χ3v) is 2.85. The number of anilines is 1. The molecule has 19 heavy (non-hydrogen) atoms. The van der Waals surface area contributed by atoms with Crippen LogP contribution < -0.4 is 10.5 Å². The van der Waals surface area contributed by atoms with Gasteiger partial charge in [0.2, 0.25) is 0 Å². The second-order valence-corrected chi connectivity index (χ2v) is 4.31. The molecule has 1 aromatic heterocycles. The lowest BCUT2D eigenvalue weighted by Gasteiger charge is -2.12. The number of ether oxygens (including phenoxy) is 1. The summed E-state index contributed by atoms with van der Waals surface area (Å²) in [4.78, 5) is 3.93. The van der Waals surface area contributed by atoms with Crippen LogP contribution in [0.5, 0.6) is 5.75 Å². The van der Waals surface area contributed by atoms with E-state index < -0.39 is 6.10 Å². The Morgan fingerprint density at radius 3 is 2.63 bits per heavy atom. The number of benzene rings is 1. The number of hydrogen-bond acceptors (Lipinski definition) is 4. The molecule has 3 N–H and O–H groups in total. The minimum Gasteiger partial charge on any atom is -0.494 e. The average Bonchev–Trinajstić information content (AvgIpc) is 2.40. The lowest BCUT2D eigenvalue weighted by atomic mass is 10.0. The van der Waals surface area contributed by atoms with Gasteiger partial charge in [0.15, 0.2) is 0 Å². The van der Waals surface area contributed by atoms with E-state index in [9.17, 15) is 5.11 Å². The first-order chi connectivity index (χ1) is 9.19. The van der Waals surface area contributed by atoms with Crippen molar-refractivity contribution < 1.29 is 9.84 Å². The van der Waals surface area contributed by atoms with E-state index in [2.05, 4.69) is 4.98 Å². The van der Waals surface area contributed by atoms with Crippen LogP contribution in [0.25, 0.3) is 0 Å². The highest BCUT2D eigenvalue weighted by Gasteiger charge is 2.09. The zero-order valence-corrected chi connectivity index (χ0v) is 10.9. The summed E-state index contributed by atoms with van der Waals surface area (Å²) in [6.45, 7) is 2.58. The van der Waals surface area contributed by atoms with Gasteiger partial charge in [-0.2, -0.15) is 0 Å². The van der Waals surface area contributed by atoms with Crippen LogP contribution >= 0.6 is 0 Å². The number of nitrogen functional groups attached to an aromatic ring is 1. The molecule has 2 rings (SSSR count). The summed E-state index contributed by atoms with van der Waals surface area (Å²) < 4.78 is 5.37. The molecule has 0 spiro atoms. The van der Waals surface area contributed by atoms with E-state index in [1.165, 1.54) is 0 Å². The number of aliphatic hydroxyl groups is 1. The zero-order chi connectivity index (χ0) is 13.7. The number of nitrogens with two attached hydrogens (primary N) is 1. The molecule has 100 valence electrons. The first-order valence-electron chi connectivity index (χ1n) is 6.30. The standard InChI is InChI=1S/C15H18N2O2/c1-2-19-13-5-3-12(4-6-13)14(18)9-11-7-8-17-15(16)10-11/h3-8,10,14,18H,2,9H2,1H3,(H2,16,17). The molecular weight excluding hydrogens is 240 g/mol. The van der Waals surface area contributed by atoms with Crippen molar-refractivity contribution in [2.24, 2.45) is 0 Å². The molecule has 4 nitrogen and oxygen atoms in total. The molecule has 0 fully saturated rings. The lowest BCUT2D eigenvalue weighted by molar-refractivity contribution is 0.178. The van der Waals surface area contributed by atoms with Crippen molar-refractivity contribution in [3.8, 4) is 5.75 Å². The fourth-order valence-corrected chi connectivity index (χ4v) is 1.92. The molecule has 0 radical (unpaired) electrons. The Balaban J connectivity index is 2.05. The maximum absolute atomic E-state index is 10.2. The van der Waals surface area contributed by atoms with Crippen molar-refractivity contribution in [1.29, 1.82) is 0 Å². The minimum atomic E-state index is -0.558. The van der Waals surface area contributed by atoms with Gasteiger partial charge in [-0.05, 0) is 42.3 Å². The summed E-state index contributed by atoms with van der Waals surface area (Å²) >= 11 is 0. The van der Waals surface area contributed by atoms with Crippen LogP contribution in [-0.2, 0) is 6.42 Å². The van der Waals surface area contributed by atoms with Crippen LogP contribution in [0.2, 0.25) is 0 Å². The molecule has 0 saturated carbocycles. The first-order valence-corrected chi connectivity index (χ1v) is 6.30. The zero-order valence-electron chi connectivity index (χ0n) is 10.9. The Morgan fingerprint density at radius 2 is 2.00 bits per heavy atom. The van der Waals surface area contributed by atoms with E-state index >= 15 is 0 Å². The molecule has 0 saturated heterocycles. The molecule has 0 aliphatic carbocycles. The predicted octanol–water partition coefficient (Wildman–Crippen LogP) is 2.34. The summed E-state index contributed by atoms with van der Waals surface area (Å²) in [6, 6.07) is 11.1. The monoisotopic (exact) mass is 258 g/mol. The van der Waals surface area contributed by atoms with Crippen LogP contribution in [0, 0.1) is 0 Å². The van der Waals surface area contributed by atoms with E-state index in [0.717, 1.165) is 16.9 Å². The molecule has 1 atom stereocenters. The molecule has 4 heteroatoms. The molecule has 1 aromatic carbocycles. The quantitative estimate of drug-likeness (QED) is 0.863. The average molecular weight is 258 g/mol. The normalized spacial score (nSPS) is 12.1. The van der Waals surface area contributed by atoms with E-state index in [4.69, 9.17) is 10.5 Å². The van der Waals surface area contributed by atoms with Crippen LogP contribution in [0.3, 0.4) is 0 Å². The summed E-state index contributed by atoms with van der Waals surface area (Å²) in [5, 5.41) is 10.2. The van der Waals surface area contributed by atoms with Gasteiger partial charge in [0.25, 0.3) is 0 Å². The number of pyridine rings is 1. The summed E-state index contributed by atoms with van der Waals surface area (Å²) in [6.07, 6.45) is 1.61. The summed E-state index contributed by atoms with van der Waals surface area (Å²) in [7, 11) is 0. The molecular formula is C15H18N2O2. The van der Waals surface area contributed by atoms with Crippen molar-refractivity contribution >= 4 is 5.82 Å². The van der Waals surface area contributed by atoms with Gasteiger partial charge in [-0.25, -0.2) is 4.98 Å². The number of hydrogen-bond donors (Lipinski definition) is 2. The SMILES string of the molecule is CCOc1ccc(C(O)Cc2ccnc(N)c2)cc1. The van der Waals surface area contributed by atoms with Gasteiger partial charge in [-0.3, -0.25) is 0 Å². The second-order valence-electron chi connectivity index (χ2n) is 4.31. The molecule has 0 bridgehead atoms. The predicted molar refractivity (Wildman–Crippen MR) is 74.9 cm³/mol. The van der Waals surface area contributed by atoms with Crippen molar-refractivity contribution in [3.63, 3.8) is 0 Å². The van der Waals surface area contributed by atoms with Gasteiger partial charge in [0.1, 0.15) is 11.6 Å². The Kier molecular flexibility index (Phi) is 4.36. The van der Waals surface area contributed by atoms with Gasteiger partial charge in [0, 0.05) is 12.6 Å². The van der Waals surface area contributed by atoms with E-state index in [-0.39, 0.29) is 0 Å². The van der Waals surface area contributed by atoms with Crippen LogP contribution in [0.4, 0.5) is 5.82 Å². The molecule has 0 aliphatic rings. The van der Waals surface area contributed by atoms with Gasteiger partial charge in [-0.15, -0.1) is 0 Å². The maximum Gasteiger partial charge on any atom is 0.123 e. The Morgan fingerprint density at radius 1 is 1.26 bits per heavy atom. The topological polar surface area (TPSA) is 68.4 Å². The van der Waals surface area contributed by atoms with Crippen molar-refractivity contribution in [2.45, 2.75) is 19.4 Å². The molecule has 0 aliphatic heterocycles. The van der Waals surface area contributed by atoms with Crippen LogP contribution in [-0.4, -0.2) is 16.7 Å². The van der Waals surface area contributed by atoms with Crippen molar-refractivity contribution in [2.75, 3.05) is 12.3 Å². The molecule has 2 aromatic rings. The Bertz CT molecular complexity index is 526. The highest BCUT2D eigenvalue weighted by molar-refractivity contribution is 5.34. The maximum atomic E-state index is 10.2. The molecule has 1 heterocycles. The summed E-state index contributed by atoms with van der Waals surface area (Å²) in [5.74, 6) is 1.28.